The Morgan fingerprint density at radius 2 is 2.14 bits per heavy atom. The summed E-state index contributed by atoms with van der Waals surface area (Å²) in [6.07, 6.45) is 3.14. The minimum absolute atomic E-state index is 0.0863. The van der Waals surface area contributed by atoms with Gasteiger partial charge in [-0.2, -0.15) is 0 Å². The molecule has 2 heterocycles. The van der Waals surface area contributed by atoms with E-state index in [1.165, 1.54) is 5.56 Å². The Labute approximate surface area is 123 Å². The Bertz CT molecular complexity index is 773. The molecule has 4 nitrogen and oxygen atoms in total. The molecule has 1 saturated carbocycles. The molecule has 0 saturated heterocycles. The standard InChI is InChI=1S/C17H18N2O2/c1-17(2)9-11-4-3-5-12(15(11)21-17)16-18-13(10-6-7-10)8-14(20)19-16/h3-5,8,10H,6-7,9H2,1-2H3,(H,18,19,20). The Balaban J connectivity index is 1.85. The average molecular weight is 282 g/mol. The van der Waals surface area contributed by atoms with Crippen LogP contribution in [-0.4, -0.2) is 15.6 Å². The van der Waals surface area contributed by atoms with Crippen LogP contribution < -0.4 is 10.3 Å². The van der Waals surface area contributed by atoms with Crippen LogP contribution in [0.3, 0.4) is 0 Å². The van der Waals surface area contributed by atoms with Crippen LogP contribution in [0.2, 0.25) is 0 Å². The zero-order valence-corrected chi connectivity index (χ0v) is 12.3. The molecule has 108 valence electrons. The van der Waals surface area contributed by atoms with Crippen LogP contribution in [-0.2, 0) is 6.42 Å². The van der Waals surface area contributed by atoms with Crippen molar-refractivity contribution in [1.82, 2.24) is 9.97 Å². The van der Waals surface area contributed by atoms with E-state index in [4.69, 9.17) is 4.74 Å². The van der Waals surface area contributed by atoms with Crippen LogP contribution >= 0.6 is 0 Å². The predicted octanol–water partition coefficient (Wildman–Crippen LogP) is 3.03. The van der Waals surface area contributed by atoms with Gasteiger partial charge >= 0.3 is 0 Å². The lowest BCUT2D eigenvalue weighted by Gasteiger charge is -2.18. The maximum absolute atomic E-state index is 11.9. The van der Waals surface area contributed by atoms with Crippen LogP contribution in [0.25, 0.3) is 11.4 Å². The quantitative estimate of drug-likeness (QED) is 0.921. The van der Waals surface area contributed by atoms with E-state index >= 15 is 0 Å². The summed E-state index contributed by atoms with van der Waals surface area (Å²) >= 11 is 0. The van der Waals surface area contributed by atoms with Gasteiger partial charge in [-0.15, -0.1) is 0 Å². The number of fused-ring (bicyclic) bond motifs is 1. The van der Waals surface area contributed by atoms with Gasteiger partial charge in [0.05, 0.1) is 11.3 Å². The summed E-state index contributed by atoms with van der Waals surface area (Å²) in [6.45, 7) is 4.15. The van der Waals surface area contributed by atoms with E-state index in [1.807, 2.05) is 12.1 Å². The van der Waals surface area contributed by atoms with Crippen molar-refractivity contribution < 1.29 is 4.74 Å². The molecule has 1 aromatic carbocycles. The maximum Gasteiger partial charge on any atom is 0.251 e. The van der Waals surface area contributed by atoms with Crippen LogP contribution in [0, 0.1) is 0 Å². The van der Waals surface area contributed by atoms with Gasteiger partial charge in [0.2, 0.25) is 0 Å². The lowest BCUT2D eigenvalue weighted by Crippen LogP contribution is -2.24. The van der Waals surface area contributed by atoms with E-state index in [0.29, 0.717) is 11.7 Å². The minimum Gasteiger partial charge on any atom is -0.486 e. The first kappa shape index (κ1) is 12.6. The van der Waals surface area contributed by atoms with E-state index in [2.05, 4.69) is 29.9 Å². The summed E-state index contributed by atoms with van der Waals surface area (Å²) in [5.74, 6) is 1.94. The van der Waals surface area contributed by atoms with Gasteiger partial charge in [-0.1, -0.05) is 12.1 Å². The van der Waals surface area contributed by atoms with Crippen molar-refractivity contribution in [1.29, 1.82) is 0 Å². The summed E-state index contributed by atoms with van der Waals surface area (Å²) in [5.41, 5.74) is 2.68. The van der Waals surface area contributed by atoms with Crippen molar-refractivity contribution in [2.45, 2.75) is 44.6 Å². The van der Waals surface area contributed by atoms with Crippen molar-refractivity contribution in [2.75, 3.05) is 0 Å². The molecule has 21 heavy (non-hydrogen) atoms. The summed E-state index contributed by atoms with van der Waals surface area (Å²) in [6, 6.07) is 7.67. The Kier molecular flexibility index (Phi) is 2.52. The largest absolute Gasteiger partial charge is 0.486 e. The van der Waals surface area contributed by atoms with E-state index < -0.39 is 0 Å². The topological polar surface area (TPSA) is 55.0 Å². The number of H-pyrrole nitrogens is 1. The fourth-order valence-corrected chi connectivity index (χ4v) is 2.99. The number of aromatic amines is 1. The summed E-state index contributed by atoms with van der Waals surface area (Å²) in [5, 5.41) is 0. The van der Waals surface area contributed by atoms with Crippen LogP contribution in [0.15, 0.2) is 29.1 Å². The highest BCUT2D eigenvalue weighted by atomic mass is 16.5. The molecule has 0 atom stereocenters. The lowest BCUT2D eigenvalue weighted by molar-refractivity contribution is 0.139. The molecular formula is C17H18N2O2. The maximum atomic E-state index is 11.9. The van der Waals surface area contributed by atoms with Crippen molar-refractivity contribution in [3.63, 3.8) is 0 Å². The second-order valence-electron chi connectivity index (χ2n) is 6.63. The van der Waals surface area contributed by atoms with E-state index in [0.717, 1.165) is 36.3 Å². The van der Waals surface area contributed by atoms with Gasteiger partial charge in [-0.05, 0) is 38.3 Å². The molecule has 0 unspecified atom stereocenters. The predicted molar refractivity (Wildman–Crippen MR) is 80.7 cm³/mol. The Morgan fingerprint density at radius 3 is 2.90 bits per heavy atom. The average Bonchev–Trinajstić information content (AvgIpc) is 3.19. The SMILES string of the molecule is CC1(C)Cc2cccc(-c3nc(C4CC4)cc(=O)[nH]3)c2O1. The van der Waals surface area contributed by atoms with Crippen LogP contribution in [0.1, 0.15) is 43.9 Å². The Hall–Kier alpha value is -2.10. The summed E-state index contributed by atoms with van der Waals surface area (Å²) in [4.78, 5) is 19.4. The van der Waals surface area contributed by atoms with Crippen molar-refractivity contribution in [2.24, 2.45) is 0 Å². The van der Waals surface area contributed by atoms with E-state index in [9.17, 15) is 4.79 Å². The number of aromatic nitrogens is 2. The summed E-state index contributed by atoms with van der Waals surface area (Å²) in [7, 11) is 0. The first-order valence-corrected chi connectivity index (χ1v) is 7.44. The molecule has 0 bridgehead atoms. The van der Waals surface area contributed by atoms with Gasteiger partial charge in [-0.3, -0.25) is 4.79 Å². The smallest absolute Gasteiger partial charge is 0.251 e. The molecule has 1 fully saturated rings. The number of para-hydroxylation sites is 1. The van der Waals surface area contributed by atoms with Gasteiger partial charge in [0, 0.05) is 18.4 Å². The number of benzene rings is 1. The first-order valence-electron chi connectivity index (χ1n) is 7.44. The molecule has 2 aromatic rings. The zero-order valence-electron chi connectivity index (χ0n) is 12.3. The zero-order chi connectivity index (χ0) is 14.6. The highest BCUT2D eigenvalue weighted by Gasteiger charge is 2.33. The van der Waals surface area contributed by atoms with Gasteiger partial charge < -0.3 is 9.72 Å². The number of nitrogens with zero attached hydrogens (tertiary/aromatic N) is 1. The van der Waals surface area contributed by atoms with Gasteiger partial charge in [0.1, 0.15) is 17.2 Å². The Morgan fingerprint density at radius 1 is 1.33 bits per heavy atom. The van der Waals surface area contributed by atoms with Crippen LogP contribution in [0.5, 0.6) is 5.75 Å². The molecule has 1 aliphatic heterocycles. The third kappa shape index (κ3) is 2.24. The minimum atomic E-state index is -0.202. The number of rotatable bonds is 2. The molecule has 1 N–H and O–H groups in total. The first-order chi connectivity index (χ1) is 10.0. The van der Waals surface area contributed by atoms with E-state index in [-0.39, 0.29) is 11.2 Å². The highest BCUT2D eigenvalue weighted by molar-refractivity contribution is 5.68. The second-order valence-corrected chi connectivity index (χ2v) is 6.63. The fraction of sp³-hybridized carbons (Fsp3) is 0.412. The molecule has 1 aliphatic carbocycles. The third-order valence-corrected chi connectivity index (χ3v) is 4.10. The van der Waals surface area contributed by atoms with Crippen molar-refractivity contribution in [3.8, 4) is 17.1 Å². The molecule has 2 aliphatic rings. The lowest BCUT2D eigenvalue weighted by atomic mass is 10.0. The van der Waals surface area contributed by atoms with Crippen molar-refractivity contribution >= 4 is 0 Å². The van der Waals surface area contributed by atoms with Crippen molar-refractivity contribution in [3.05, 3.63) is 45.9 Å². The van der Waals surface area contributed by atoms with Crippen LogP contribution in [0.4, 0.5) is 0 Å². The molecule has 0 amide bonds. The van der Waals surface area contributed by atoms with E-state index in [1.54, 1.807) is 6.07 Å². The molecule has 4 heteroatoms. The third-order valence-electron chi connectivity index (χ3n) is 4.10. The number of hydrogen-bond acceptors (Lipinski definition) is 3. The molecular weight excluding hydrogens is 264 g/mol. The number of hydrogen-bond donors (Lipinski definition) is 1. The van der Waals surface area contributed by atoms with Gasteiger partial charge in [0.15, 0.2) is 0 Å². The molecule has 4 rings (SSSR count). The molecule has 0 radical (unpaired) electrons. The summed E-state index contributed by atoms with van der Waals surface area (Å²) < 4.78 is 6.07. The monoisotopic (exact) mass is 282 g/mol. The molecule has 0 spiro atoms. The van der Waals surface area contributed by atoms with Gasteiger partial charge in [-0.25, -0.2) is 4.98 Å². The fourth-order valence-electron chi connectivity index (χ4n) is 2.99. The highest BCUT2D eigenvalue weighted by Crippen LogP contribution is 2.42. The molecule has 1 aromatic heterocycles. The number of nitrogens with one attached hydrogen (secondary N) is 1. The second kappa shape index (κ2) is 4.20. The normalized spacial score (nSPS) is 19.1. The van der Waals surface area contributed by atoms with Gasteiger partial charge in [0.25, 0.3) is 5.56 Å². The number of ether oxygens (including phenoxy) is 1.